The molecule has 0 radical (unpaired) electrons. The Morgan fingerprint density at radius 3 is 2.26 bits per heavy atom. The number of hydrogen-bond donors (Lipinski definition) is 1. The highest BCUT2D eigenvalue weighted by atomic mass is 35.5. The van der Waals surface area contributed by atoms with E-state index in [2.05, 4.69) is 10.3 Å². The van der Waals surface area contributed by atoms with Crippen LogP contribution < -0.4 is 10.1 Å². The zero-order valence-corrected chi connectivity index (χ0v) is 18.8. The maximum atomic E-state index is 12.7. The lowest BCUT2D eigenvalue weighted by atomic mass is 10.2. The van der Waals surface area contributed by atoms with Gasteiger partial charge >= 0.3 is 6.18 Å². The number of nitrogens with one attached hydrogen (secondary N) is 1. The fraction of sp³-hybridized carbons (Fsp3) is 0.0833. The summed E-state index contributed by atoms with van der Waals surface area (Å²) in [5.74, 6) is 0.783. The molecule has 0 saturated carbocycles. The molecule has 2 heterocycles. The van der Waals surface area contributed by atoms with Crippen molar-refractivity contribution in [2.45, 2.75) is 12.7 Å². The van der Waals surface area contributed by atoms with Gasteiger partial charge in [0.05, 0.1) is 15.6 Å². The van der Waals surface area contributed by atoms with Crippen LogP contribution in [0.5, 0.6) is 11.5 Å². The fourth-order valence-corrected chi connectivity index (χ4v) is 3.60. The number of benzene rings is 2. The van der Waals surface area contributed by atoms with Crippen molar-refractivity contribution in [1.29, 1.82) is 0 Å². The van der Waals surface area contributed by atoms with Crippen molar-refractivity contribution in [3.05, 3.63) is 106 Å². The number of carbonyl (C=O) groups excluding carboxylic acids is 1. The molecule has 0 saturated heterocycles. The number of alkyl halides is 3. The zero-order valence-electron chi connectivity index (χ0n) is 17.3. The number of rotatable bonds is 6. The van der Waals surface area contributed by atoms with E-state index in [0.29, 0.717) is 27.3 Å². The summed E-state index contributed by atoms with van der Waals surface area (Å²) in [5.41, 5.74) is 0.402. The molecule has 1 N–H and O–H groups in total. The molecule has 0 aliphatic carbocycles. The predicted molar refractivity (Wildman–Crippen MR) is 123 cm³/mol. The summed E-state index contributed by atoms with van der Waals surface area (Å²) in [6.07, 6.45) is -1.28. The Morgan fingerprint density at radius 2 is 1.65 bits per heavy atom. The number of carbonyl (C=O) groups is 1. The molecule has 0 aliphatic rings. The zero-order chi connectivity index (χ0) is 24.3. The van der Waals surface area contributed by atoms with Crippen molar-refractivity contribution >= 4 is 29.1 Å². The van der Waals surface area contributed by atoms with Gasteiger partial charge < -0.3 is 10.1 Å². The van der Waals surface area contributed by atoms with Crippen molar-refractivity contribution < 1.29 is 22.7 Å². The highest BCUT2D eigenvalue weighted by molar-refractivity contribution is 6.35. The van der Waals surface area contributed by atoms with Crippen molar-refractivity contribution in [3.8, 4) is 17.3 Å². The van der Waals surface area contributed by atoms with Crippen LogP contribution in [0.1, 0.15) is 21.6 Å². The maximum Gasteiger partial charge on any atom is 0.416 e. The van der Waals surface area contributed by atoms with Crippen molar-refractivity contribution in [1.82, 2.24) is 14.9 Å². The lowest BCUT2D eigenvalue weighted by Gasteiger charge is -2.11. The Hall–Kier alpha value is -3.49. The summed E-state index contributed by atoms with van der Waals surface area (Å²) in [7, 11) is 0. The second kappa shape index (κ2) is 9.79. The molecule has 2 aromatic heterocycles. The van der Waals surface area contributed by atoms with Gasteiger partial charge in [-0.15, -0.1) is 0 Å². The van der Waals surface area contributed by atoms with Crippen LogP contribution in [-0.4, -0.2) is 15.5 Å². The molecule has 0 atom stereocenters. The van der Waals surface area contributed by atoms with Crippen molar-refractivity contribution in [2.24, 2.45) is 0 Å². The first-order valence-corrected chi connectivity index (χ1v) is 10.7. The minimum Gasteiger partial charge on any atom is -0.457 e. The van der Waals surface area contributed by atoms with Crippen LogP contribution in [0.25, 0.3) is 5.82 Å². The molecule has 4 aromatic rings. The van der Waals surface area contributed by atoms with Gasteiger partial charge in [-0.25, -0.2) is 4.98 Å². The van der Waals surface area contributed by atoms with E-state index < -0.39 is 11.7 Å². The first kappa shape index (κ1) is 23.7. The number of hydrogen-bond acceptors (Lipinski definition) is 3. The number of aromatic nitrogens is 2. The van der Waals surface area contributed by atoms with Gasteiger partial charge in [0.15, 0.2) is 5.82 Å². The molecule has 5 nitrogen and oxygen atoms in total. The summed E-state index contributed by atoms with van der Waals surface area (Å²) < 4.78 is 45.1. The van der Waals surface area contributed by atoms with Crippen LogP contribution in [0, 0.1) is 0 Å². The Balaban J connectivity index is 1.38. The minimum atomic E-state index is -4.40. The van der Waals surface area contributed by atoms with Crippen LogP contribution >= 0.6 is 23.2 Å². The Labute approximate surface area is 202 Å². The highest BCUT2D eigenvalue weighted by Gasteiger charge is 2.30. The Morgan fingerprint density at radius 1 is 1.00 bits per heavy atom. The topological polar surface area (TPSA) is 56.1 Å². The average Bonchev–Trinajstić information content (AvgIpc) is 3.28. The molecule has 1 amide bonds. The van der Waals surface area contributed by atoms with Gasteiger partial charge in [0.2, 0.25) is 0 Å². The lowest BCUT2D eigenvalue weighted by Crippen LogP contribution is -2.25. The van der Waals surface area contributed by atoms with E-state index in [4.69, 9.17) is 27.9 Å². The number of amides is 1. The Kier molecular flexibility index (Phi) is 6.81. The predicted octanol–water partition coefficient (Wildman–Crippen LogP) is 6.92. The maximum absolute atomic E-state index is 12.7. The lowest BCUT2D eigenvalue weighted by molar-refractivity contribution is -0.137. The molecule has 2 aromatic carbocycles. The average molecular weight is 506 g/mol. The van der Waals surface area contributed by atoms with E-state index in [1.165, 1.54) is 18.3 Å². The second-order valence-electron chi connectivity index (χ2n) is 7.17. The minimum absolute atomic E-state index is 0.242. The van der Waals surface area contributed by atoms with E-state index in [1.54, 1.807) is 53.2 Å². The second-order valence-corrected chi connectivity index (χ2v) is 8.02. The number of ether oxygens (including phenoxy) is 1. The van der Waals surface area contributed by atoms with Crippen molar-refractivity contribution in [2.75, 3.05) is 0 Å². The largest absolute Gasteiger partial charge is 0.457 e. The van der Waals surface area contributed by atoms with E-state index in [9.17, 15) is 18.0 Å². The van der Waals surface area contributed by atoms with Gasteiger partial charge in [-0.05, 0) is 60.2 Å². The molecule has 4 rings (SSSR count). The van der Waals surface area contributed by atoms with Gasteiger partial charge in [-0.2, -0.15) is 13.2 Å². The molecular weight excluding hydrogens is 490 g/mol. The first-order chi connectivity index (χ1) is 16.2. The van der Waals surface area contributed by atoms with Gasteiger partial charge in [0, 0.05) is 18.9 Å². The molecule has 0 spiro atoms. The van der Waals surface area contributed by atoms with E-state index >= 15 is 0 Å². The van der Waals surface area contributed by atoms with Crippen LogP contribution in [0.3, 0.4) is 0 Å². The normalized spacial score (nSPS) is 11.3. The van der Waals surface area contributed by atoms with E-state index in [0.717, 1.165) is 17.7 Å². The number of halogens is 5. The van der Waals surface area contributed by atoms with Gasteiger partial charge in [-0.3, -0.25) is 9.36 Å². The molecule has 0 unspecified atom stereocenters. The summed E-state index contributed by atoms with van der Waals surface area (Å²) in [6.45, 7) is 0.242. The van der Waals surface area contributed by atoms with Crippen molar-refractivity contribution in [3.63, 3.8) is 0 Å². The standard InChI is InChI=1S/C24H16Cl2F3N3O2/c25-17-12-20(26)22(30-14-17)32-11-1-2-21(32)23(33)31-13-15-3-7-18(8-4-15)34-19-9-5-16(6-10-19)24(27,28)29/h1-12,14H,13H2,(H,31,33). The summed E-state index contributed by atoms with van der Waals surface area (Å²) in [6, 6.07) is 16.1. The SMILES string of the molecule is O=C(NCc1ccc(Oc2ccc(C(F)(F)F)cc2)cc1)c1cccn1-c1ncc(Cl)cc1Cl. The smallest absolute Gasteiger partial charge is 0.416 e. The molecule has 0 aliphatic heterocycles. The monoisotopic (exact) mass is 505 g/mol. The summed E-state index contributed by atoms with van der Waals surface area (Å²) in [4.78, 5) is 16.9. The molecule has 0 fully saturated rings. The molecular formula is C24H16Cl2F3N3O2. The van der Waals surface area contributed by atoms with Crippen LogP contribution in [0.2, 0.25) is 10.0 Å². The third-order valence-corrected chi connectivity index (χ3v) is 5.28. The summed E-state index contributed by atoms with van der Waals surface area (Å²) in [5, 5.41) is 3.52. The molecule has 174 valence electrons. The quantitative estimate of drug-likeness (QED) is 0.309. The number of nitrogens with zero attached hydrogens (tertiary/aromatic N) is 2. The third kappa shape index (κ3) is 5.52. The summed E-state index contributed by atoms with van der Waals surface area (Å²) >= 11 is 12.1. The van der Waals surface area contributed by atoms with E-state index in [1.807, 2.05) is 0 Å². The fourth-order valence-electron chi connectivity index (χ4n) is 3.13. The Bertz CT molecular complexity index is 1300. The molecule has 10 heteroatoms. The van der Waals surface area contributed by atoms with Crippen LogP contribution in [0.4, 0.5) is 13.2 Å². The highest BCUT2D eigenvalue weighted by Crippen LogP contribution is 2.31. The van der Waals surface area contributed by atoms with Crippen LogP contribution in [-0.2, 0) is 12.7 Å². The van der Waals surface area contributed by atoms with E-state index in [-0.39, 0.29) is 18.2 Å². The molecule has 34 heavy (non-hydrogen) atoms. The van der Waals surface area contributed by atoms with Gasteiger partial charge in [0.25, 0.3) is 5.91 Å². The third-order valence-electron chi connectivity index (χ3n) is 4.79. The molecule has 0 bridgehead atoms. The van der Waals surface area contributed by atoms with Gasteiger partial charge in [0.1, 0.15) is 17.2 Å². The number of pyridine rings is 1. The first-order valence-electron chi connectivity index (χ1n) is 9.92. The van der Waals surface area contributed by atoms with Crippen LogP contribution in [0.15, 0.2) is 79.1 Å². The van der Waals surface area contributed by atoms with Gasteiger partial charge in [-0.1, -0.05) is 35.3 Å².